The van der Waals surface area contributed by atoms with Gasteiger partial charge in [0.15, 0.2) is 0 Å². The summed E-state index contributed by atoms with van der Waals surface area (Å²) in [7, 11) is 0. The van der Waals surface area contributed by atoms with Gasteiger partial charge in [-0.2, -0.15) is 0 Å². The van der Waals surface area contributed by atoms with Gasteiger partial charge in [-0.25, -0.2) is 9.69 Å². The number of anilines is 1. The number of nitrogens with one attached hydrogen (secondary N) is 1. The number of urea groups is 1. The molecule has 1 aromatic carbocycles. The topological polar surface area (TPSA) is 91.7 Å². The number of aromatic nitrogens is 1. The van der Waals surface area contributed by atoms with Crippen molar-refractivity contribution >= 4 is 34.9 Å². The van der Waals surface area contributed by atoms with Crippen molar-refractivity contribution in [2.45, 2.75) is 25.3 Å². The molecule has 8 nitrogen and oxygen atoms in total. The van der Waals surface area contributed by atoms with Gasteiger partial charge in [0, 0.05) is 55.2 Å². The van der Waals surface area contributed by atoms with Gasteiger partial charge in [0.05, 0.1) is 5.69 Å². The molecule has 0 aliphatic carbocycles. The second-order valence-corrected chi connectivity index (χ2v) is 11.0. The summed E-state index contributed by atoms with van der Waals surface area (Å²) < 4.78 is 1.87. The summed E-state index contributed by atoms with van der Waals surface area (Å²) in [6.45, 7) is 2.17. The van der Waals surface area contributed by atoms with Crippen molar-refractivity contribution < 1.29 is 14.4 Å². The number of carbonyl (C=O) groups excluding carboxylic acids is 3. The summed E-state index contributed by atoms with van der Waals surface area (Å²) in [5.74, 6) is -0.642. The average Bonchev–Trinajstić information content (AvgIpc) is 3.37. The Balaban J connectivity index is 1.36. The SMILES string of the molecule is O=C1NC(=O)[C@](Cc2cccs2)(CN2C[C@@H]3C[C@H](C2)c2cccc(=O)n2C3)C(=O)N1c1ccccc1. The Morgan fingerprint density at radius 3 is 2.53 bits per heavy atom. The second kappa shape index (κ2) is 8.83. The number of piperidine rings is 1. The molecule has 3 atom stereocenters. The number of thiophene rings is 1. The van der Waals surface area contributed by atoms with E-state index in [0.29, 0.717) is 25.3 Å². The maximum atomic E-state index is 14.1. The first kappa shape index (κ1) is 22.9. The quantitative estimate of drug-likeness (QED) is 0.542. The summed E-state index contributed by atoms with van der Waals surface area (Å²) in [6, 6.07) is 17.2. The maximum absolute atomic E-state index is 14.1. The van der Waals surface area contributed by atoms with Crippen LogP contribution in [-0.4, -0.2) is 46.9 Å². The number of pyridine rings is 1. The molecule has 3 aliphatic rings. The summed E-state index contributed by atoms with van der Waals surface area (Å²) in [5, 5.41) is 4.41. The Kier molecular flexibility index (Phi) is 5.61. The van der Waals surface area contributed by atoms with E-state index in [0.717, 1.165) is 21.9 Å². The monoisotopic (exact) mass is 502 g/mol. The van der Waals surface area contributed by atoms with Crippen LogP contribution in [0.5, 0.6) is 0 Å². The number of para-hydroxylation sites is 1. The molecule has 0 saturated carbocycles. The molecule has 2 aromatic heterocycles. The van der Waals surface area contributed by atoms with Crippen LogP contribution in [0.3, 0.4) is 0 Å². The molecule has 6 rings (SSSR count). The summed E-state index contributed by atoms with van der Waals surface area (Å²) in [6.07, 6.45) is 1.19. The van der Waals surface area contributed by atoms with E-state index in [1.807, 2.05) is 34.2 Å². The van der Waals surface area contributed by atoms with E-state index < -0.39 is 23.3 Å². The molecule has 2 saturated heterocycles. The molecule has 9 heteroatoms. The third-order valence-electron chi connectivity index (χ3n) is 7.59. The number of hydrogen-bond donors (Lipinski definition) is 1. The van der Waals surface area contributed by atoms with Crippen molar-refractivity contribution in [1.29, 1.82) is 0 Å². The van der Waals surface area contributed by atoms with Crippen LogP contribution in [-0.2, 0) is 22.6 Å². The molecule has 1 N–H and O–H groups in total. The Labute approximate surface area is 212 Å². The highest BCUT2D eigenvalue weighted by Crippen LogP contribution is 2.39. The van der Waals surface area contributed by atoms with Gasteiger partial charge in [-0.05, 0) is 42.0 Å². The number of barbiturate groups is 1. The molecule has 36 heavy (non-hydrogen) atoms. The van der Waals surface area contributed by atoms with E-state index in [1.54, 1.807) is 36.4 Å². The minimum Gasteiger partial charge on any atom is -0.312 e. The lowest BCUT2D eigenvalue weighted by Crippen LogP contribution is -2.68. The first-order chi connectivity index (χ1) is 17.4. The van der Waals surface area contributed by atoms with Crippen LogP contribution in [0, 0.1) is 11.3 Å². The highest BCUT2D eigenvalue weighted by Gasteiger charge is 2.56. The third kappa shape index (κ3) is 3.79. The molecular weight excluding hydrogens is 476 g/mol. The molecule has 3 aromatic rings. The highest BCUT2D eigenvalue weighted by molar-refractivity contribution is 7.09. The van der Waals surface area contributed by atoms with Crippen LogP contribution in [0.2, 0.25) is 0 Å². The number of imide groups is 2. The van der Waals surface area contributed by atoms with E-state index >= 15 is 0 Å². The van der Waals surface area contributed by atoms with Crippen LogP contribution < -0.4 is 15.8 Å². The molecule has 4 amide bonds. The number of benzene rings is 1. The van der Waals surface area contributed by atoms with Crippen LogP contribution in [0.25, 0.3) is 0 Å². The number of rotatable bonds is 5. The minimum atomic E-state index is -1.45. The van der Waals surface area contributed by atoms with E-state index in [1.165, 1.54) is 11.3 Å². The molecule has 0 unspecified atom stereocenters. The first-order valence-corrected chi connectivity index (χ1v) is 13.0. The number of carbonyl (C=O) groups is 3. The van der Waals surface area contributed by atoms with Gasteiger partial charge in [0.25, 0.3) is 11.5 Å². The maximum Gasteiger partial charge on any atom is 0.335 e. The van der Waals surface area contributed by atoms with Crippen LogP contribution in [0.1, 0.15) is 22.9 Å². The molecule has 5 heterocycles. The summed E-state index contributed by atoms with van der Waals surface area (Å²) in [5.41, 5.74) is 0.0168. The predicted molar refractivity (Wildman–Crippen MR) is 136 cm³/mol. The zero-order valence-electron chi connectivity index (χ0n) is 19.6. The van der Waals surface area contributed by atoms with Gasteiger partial charge < -0.3 is 9.47 Å². The number of hydrogen-bond acceptors (Lipinski definition) is 6. The zero-order valence-corrected chi connectivity index (χ0v) is 20.4. The largest absolute Gasteiger partial charge is 0.335 e. The van der Waals surface area contributed by atoms with E-state index in [9.17, 15) is 19.2 Å². The predicted octanol–water partition coefficient (Wildman–Crippen LogP) is 2.84. The molecule has 0 spiro atoms. The fraction of sp³-hybridized carbons (Fsp3) is 0.333. The first-order valence-electron chi connectivity index (χ1n) is 12.1. The van der Waals surface area contributed by atoms with Gasteiger partial charge in [-0.3, -0.25) is 19.7 Å². The molecule has 3 aliphatic heterocycles. The van der Waals surface area contributed by atoms with Gasteiger partial charge in [-0.1, -0.05) is 30.3 Å². The van der Waals surface area contributed by atoms with E-state index in [2.05, 4.69) is 10.2 Å². The van der Waals surface area contributed by atoms with Gasteiger partial charge in [0.1, 0.15) is 5.41 Å². The Hall–Kier alpha value is -3.56. The Morgan fingerprint density at radius 2 is 1.75 bits per heavy atom. The van der Waals surface area contributed by atoms with Crippen LogP contribution >= 0.6 is 11.3 Å². The highest BCUT2D eigenvalue weighted by atomic mass is 32.1. The minimum absolute atomic E-state index is 0.0173. The van der Waals surface area contributed by atoms with E-state index in [-0.39, 0.29) is 30.4 Å². The van der Waals surface area contributed by atoms with Crippen LogP contribution in [0.15, 0.2) is 70.8 Å². The van der Waals surface area contributed by atoms with Crippen LogP contribution in [0.4, 0.5) is 10.5 Å². The van der Waals surface area contributed by atoms with Crippen molar-refractivity contribution in [3.8, 4) is 0 Å². The standard InChI is InChI=1S/C27H26N4O4S/c32-23-10-4-9-22-19-12-18(15-30(22)23)14-29(16-19)17-27(13-21-8-5-11-36-21)24(33)28-26(35)31(25(27)34)20-6-2-1-3-7-20/h1-11,18-19H,12-17H2,(H,28,33,35)/t18-,19+,27-/m0/s1. The average molecular weight is 503 g/mol. The Morgan fingerprint density at radius 1 is 0.917 bits per heavy atom. The van der Waals surface area contributed by atoms with Gasteiger partial charge in [0.2, 0.25) is 5.91 Å². The van der Waals surface area contributed by atoms with Crippen molar-refractivity contribution in [2.75, 3.05) is 24.5 Å². The molecule has 2 bridgehead atoms. The number of fused-ring (bicyclic) bond motifs is 4. The Bertz CT molecular complexity index is 1390. The molecule has 184 valence electrons. The summed E-state index contributed by atoms with van der Waals surface area (Å²) in [4.78, 5) is 57.2. The van der Waals surface area contributed by atoms with Gasteiger partial charge >= 0.3 is 6.03 Å². The number of amides is 4. The smallest absolute Gasteiger partial charge is 0.312 e. The lowest BCUT2D eigenvalue weighted by Gasteiger charge is -2.47. The lowest BCUT2D eigenvalue weighted by atomic mass is 9.77. The van der Waals surface area contributed by atoms with E-state index in [4.69, 9.17) is 0 Å². The van der Waals surface area contributed by atoms with Crippen molar-refractivity contribution in [2.24, 2.45) is 11.3 Å². The lowest BCUT2D eigenvalue weighted by molar-refractivity contribution is -0.144. The second-order valence-electron chi connectivity index (χ2n) is 9.97. The van der Waals surface area contributed by atoms with Gasteiger partial charge in [-0.15, -0.1) is 11.3 Å². The fourth-order valence-electron chi connectivity index (χ4n) is 6.06. The molecule has 0 radical (unpaired) electrons. The number of likely N-dealkylation sites (tertiary alicyclic amines) is 1. The normalized spacial score (nSPS) is 26.0. The van der Waals surface area contributed by atoms with Crippen molar-refractivity contribution in [3.05, 3.63) is 87.0 Å². The third-order valence-corrected chi connectivity index (χ3v) is 8.47. The fourth-order valence-corrected chi connectivity index (χ4v) is 6.87. The summed E-state index contributed by atoms with van der Waals surface area (Å²) >= 11 is 1.50. The molecule has 2 fully saturated rings. The zero-order chi connectivity index (χ0) is 24.9. The molecular formula is C27H26N4O4S. The van der Waals surface area contributed by atoms with Crippen molar-refractivity contribution in [3.63, 3.8) is 0 Å². The number of nitrogens with zero attached hydrogens (tertiary/aromatic N) is 3. The van der Waals surface area contributed by atoms with Crippen molar-refractivity contribution in [1.82, 2.24) is 14.8 Å².